The molecule has 1 aromatic heterocycles. The monoisotopic (exact) mass is 249 g/mol. The Bertz CT molecular complexity index is 367. The minimum Gasteiger partial charge on any atom is -0.335 e. The summed E-state index contributed by atoms with van der Waals surface area (Å²) in [7, 11) is 2.08. The van der Waals surface area contributed by atoms with Crippen LogP contribution in [0.1, 0.15) is 29.9 Å². The second-order valence-electron chi connectivity index (χ2n) is 4.32. The van der Waals surface area contributed by atoms with Crippen LogP contribution in [-0.2, 0) is 0 Å². The summed E-state index contributed by atoms with van der Waals surface area (Å²) in [5, 5.41) is 0. The molecular formula is C14H23N3O. The number of amides is 1. The third kappa shape index (κ3) is 3.81. The molecule has 0 aromatic carbocycles. The van der Waals surface area contributed by atoms with Crippen LogP contribution in [-0.4, -0.2) is 53.9 Å². The smallest absolute Gasteiger partial charge is 0.272 e. The summed E-state index contributed by atoms with van der Waals surface area (Å²) in [6, 6.07) is 3.73. The van der Waals surface area contributed by atoms with Gasteiger partial charge in [-0.05, 0) is 25.6 Å². The summed E-state index contributed by atoms with van der Waals surface area (Å²) in [6.07, 6.45) is 1.74. The van der Waals surface area contributed by atoms with Crippen LogP contribution < -0.4 is 0 Å². The van der Waals surface area contributed by atoms with Crippen molar-refractivity contribution in [1.29, 1.82) is 0 Å². The maximum Gasteiger partial charge on any atom is 0.272 e. The fraction of sp³-hybridized carbons (Fsp3) is 0.571. The molecule has 18 heavy (non-hydrogen) atoms. The summed E-state index contributed by atoms with van der Waals surface area (Å²) < 4.78 is 0. The van der Waals surface area contributed by atoms with E-state index in [9.17, 15) is 4.79 Å². The molecule has 0 N–H and O–H groups in total. The summed E-state index contributed by atoms with van der Waals surface area (Å²) >= 11 is 0. The first-order chi connectivity index (χ1) is 8.66. The van der Waals surface area contributed by atoms with Gasteiger partial charge in [0.2, 0.25) is 0 Å². The molecule has 2 heterocycles. The van der Waals surface area contributed by atoms with Gasteiger partial charge in [-0.25, -0.2) is 0 Å². The Morgan fingerprint density at radius 2 is 1.78 bits per heavy atom. The van der Waals surface area contributed by atoms with E-state index in [1.54, 1.807) is 12.3 Å². The van der Waals surface area contributed by atoms with Gasteiger partial charge in [-0.2, -0.15) is 0 Å². The molecule has 1 saturated heterocycles. The second-order valence-corrected chi connectivity index (χ2v) is 4.32. The SMILES string of the molecule is CC.Cc1ccc(C(=O)N2CCN(C)CC2)nc1. The van der Waals surface area contributed by atoms with Crippen LogP contribution >= 0.6 is 0 Å². The van der Waals surface area contributed by atoms with E-state index in [4.69, 9.17) is 0 Å². The molecule has 4 nitrogen and oxygen atoms in total. The zero-order valence-corrected chi connectivity index (χ0v) is 11.8. The van der Waals surface area contributed by atoms with E-state index in [0.717, 1.165) is 31.7 Å². The number of hydrogen-bond acceptors (Lipinski definition) is 3. The zero-order valence-electron chi connectivity index (χ0n) is 11.8. The molecule has 2 rings (SSSR count). The van der Waals surface area contributed by atoms with Gasteiger partial charge < -0.3 is 9.80 Å². The predicted octanol–water partition coefficient (Wildman–Crippen LogP) is 1.80. The van der Waals surface area contributed by atoms with E-state index in [0.29, 0.717) is 5.69 Å². The summed E-state index contributed by atoms with van der Waals surface area (Å²) in [4.78, 5) is 20.3. The number of carbonyl (C=O) groups is 1. The van der Waals surface area contributed by atoms with Gasteiger partial charge in [0, 0.05) is 32.4 Å². The fourth-order valence-corrected chi connectivity index (χ4v) is 1.77. The highest BCUT2D eigenvalue weighted by molar-refractivity contribution is 5.92. The topological polar surface area (TPSA) is 36.4 Å². The van der Waals surface area contributed by atoms with Gasteiger partial charge >= 0.3 is 0 Å². The van der Waals surface area contributed by atoms with Crippen molar-refractivity contribution in [2.75, 3.05) is 33.2 Å². The van der Waals surface area contributed by atoms with Crippen molar-refractivity contribution in [2.24, 2.45) is 0 Å². The van der Waals surface area contributed by atoms with Crippen LogP contribution in [0.3, 0.4) is 0 Å². The van der Waals surface area contributed by atoms with Crippen molar-refractivity contribution in [3.63, 3.8) is 0 Å². The molecular weight excluding hydrogens is 226 g/mol. The molecule has 0 aliphatic carbocycles. The maximum absolute atomic E-state index is 12.1. The first-order valence-electron chi connectivity index (χ1n) is 6.57. The highest BCUT2D eigenvalue weighted by atomic mass is 16.2. The van der Waals surface area contributed by atoms with Crippen LogP contribution in [0.15, 0.2) is 18.3 Å². The van der Waals surface area contributed by atoms with Gasteiger partial charge in [-0.15, -0.1) is 0 Å². The van der Waals surface area contributed by atoms with Crippen molar-refractivity contribution < 1.29 is 4.79 Å². The normalized spacial score (nSPS) is 15.9. The van der Waals surface area contributed by atoms with Gasteiger partial charge in [0.05, 0.1) is 0 Å². The average molecular weight is 249 g/mol. The lowest BCUT2D eigenvalue weighted by molar-refractivity contribution is 0.0658. The average Bonchev–Trinajstić information content (AvgIpc) is 2.42. The second kappa shape index (κ2) is 7.11. The van der Waals surface area contributed by atoms with E-state index in [1.165, 1.54) is 0 Å². The van der Waals surface area contributed by atoms with Gasteiger partial charge in [-0.3, -0.25) is 9.78 Å². The minimum atomic E-state index is 0.0492. The molecule has 0 radical (unpaired) electrons. The first kappa shape index (κ1) is 14.6. The standard InChI is InChI=1S/C12H17N3O.C2H6/c1-10-3-4-11(13-9-10)12(16)15-7-5-14(2)6-8-15;1-2/h3-4,9H,5-8H2,1-2H3;1-2H3. The van der Waals surface area contributed by atoms with Gasteiger partial charge in [0.25, 0.3) is 5.91 Å². The fourth-order valence-electron chi connectivity index (χ4n) is 1.77. The summed E-state index contributed by atoms with van der Waals surface area (Å²) in [5.74, 6) is 0.0492. The molecule has 100 valence electrons. The predicted molar refractivity (Wildman–Crippen MR) is 73.7 cm³/mol. The lowest BCUT2D eigenvalue weighted by Crippen LogP contribution is -2.47. The molecule has 0 saturated carbocycles. The van der Waals surface area contributed by atoms with Crippen LogP contribution in [0.5, 0.6) is 0 Å². The number of pyridine rings is 1. The third-order valence-corrected chi connectivity index (χ3v) is 2.92. The molecule has 0 bridgehead atoms. The number of nitrogens with zero attached hydrogens (tertiary/aromatic N) is 3. The van der Waals surface area contributed by atoms with Gasteiger partial charge in [-0.1, -0.05) is 19.9 Å². The Hall–Kier alpha value is -1.42. The highest BCUT2D eigenvalue weighted by Crippen LogP contribution is 2.06. The molecule has 0 unspecified atom stereocenters. The number of rotatable bonds is 1. The third-order valence-electron chi connectivity index (χ3n) is 2.92. The van der Waals surface area contributed by atoms with Crippen LogP contribution in [0.25, 0.3) is 0 Å². The molecule has 4 heteroatoms. The Kier molecular flexibility index (Phi) is 5.78. The van der Waals surface area contributed by atoms with Crippen molar-refractivity contribution in [3.05, 3.63) is 29.6 Å². The highest BCUT2D eigenvalue weighted by Gasteiger charge is 2.20. The number of likely N-dealkylation sites (N-methyl/N-ethyl adjacent to an activating group) is 1. The van der Waals surface area contributed by atoms with Crippen molar-refractivity contribution in [3.8, 4) is 0 Å². The molecule has 1 amide bonds. The summed E-state index contributed by atoms with van der Waals surface area (Å²) in [6.45, 7) is 9.45. The van der Waals surface area contributed by atoms with Crippen molar-refractivity contribution in [2.45, 2.75) is 20.8 Å². The zero-order chi connectivity index (χ0) is 13.5. The van der Waals surface area contributed by atoms with E-state index in [-0.39, 0.29) is 5.91 Å². The Morgan fingerprint density at radius 3 is 2.28 bits per heavy atom. The van der Waals surface area contributed by atoms with Crippen molar-refractivity contribution in [1.82, 2.24) is 14.8 Å². The largest absolute Gasteiger partial charge is 0.335 e. The molecule has 1 aromatic rings. The van der Waals surface area contributed by atoms with E-state index in [2.05, 4.69) is 16.9 Å². The number of aryl methyl sites for hydroxylation is 1. The lowest BCUT2D eigenvalue weighted by Gasteiger charge is -2.32. The maximum atomic E-state index is 12.1. The van der Waals surface area contributed by atoms with E-state index in [1.807, 2.05) is 31.7 Å². The number of hydrogen-bond donors (Lipinski definition) is 0. The van der Waals surface area contributed by atoms with Crippen molar-refractivity contribution >= 4 is 5.91 Å². The Morgan fingerprint density at radius 1 is 1.17 bits per heavy atom. The summed E-state index contributed by atoms with van der Waals surface area (Å²) in [5.41, 5.74) is 1.63. The molecule has 0 spiro atoms. The van der Waals surface area contributed by atoms with Crippen LogP contribution in [0.2, 0.25) is 0 Å². The lowest BCUT2D eigenvalue weighted by atomic mass is 10.2. The molecule has 1 aliphatic heterocycles. The van der Waals surface area contributed by atoms with E-state index >= 15 is 0 Å². The Labute approximate surface area is 110 Å². The van der Waals surface area contributed by atoms with Crippen LogP contribution in [0, 0.1) is 6.92 Å². The number of aromatic nitrogens is 1. The van der Waals surface area contributed by atoms with E-state index < -0.39 is 0 Å². The molecule has 0 atom stereocenters. The molecule has 1 fully saturated rings. The minimum absolute atomic E-state index is 0.0492. The number of piperazine rings is 1. The Balaban J connectivity index is 0.000000771. The van der Waals surface area contributed by atoms with Crippen LogP contribution in [0.4, 0.5) is 0 Å². The quantitative estimate of drug-likeness (QED) is 0.761. The number of carbonyl (C=O) groups excluding carboxylic acids is 1. The first-order valence-corrected chi connectivity index (χ1v) is 6.57. The van der Waals surface area contributed by atoms with Gasteiger partial charge in [0.1, 0.15) is 5.69 Å². The van der Waals surface area contributed by atoms with Gasteiger partial charge in [0.15, 0.2) is 0 Å². The molecule has 1 aliphatic rings.